The molecule has 4 rings (SSSR count). The summed E-state index contributed by atoms with van der Waals surface area (Å²) in [5.41, 5.74) is 3.23. The fraction of sp³-hybridized carbons (Fsp3) is 0.429. The van der Waals surface area contributed by atoms with Gasteiger partial charge in [-0.15, -0.1) is 0 Å². The van der Waals surface area contributed by atoms with Crippen LogP contribution in [0.4, 0.5) is 0 Å². The molecule has 6 nitrogen and oxygen atoms in total. The zero-order valence-corrected chi connectivity index (χ0v) is 20.4. The lowest BCUT2D eigenvalue weighted by atomic mass is 9.84. The van der Waals surface area contributed by atoms with Crippen LogP contribution in [0.5, 0.6) is 5.75 Å². The number of aromatic nitrogens is 1. The first-order valence-corrected chi connectivity index (χ1v) is 12.2. The standard InChI is InChI=1S/C28H35N3O3/c1-20(2)31(28(33)21-10-8-11-21)19-27(32)30(18-23-9-4-7-14-26(23)34-3)16-15-22-17-29-25-13-6-5-12-24(22)25/h4-7,9,12-14,17,20-21,29H,8,10-11,15-16,18-19H2,1-3H3. The Morgan fingerprint density at radius 2 is 1.79 bits per heavy atom. The molecular formula is C28H35N3O3. The first-order chi connectivity index (χ1) is 16.5. The van der Waals surface area contributed by atoms with Crippen LogP contribution in [0.1, 0.15) is 44.2 Å². The molecule has 0 atom stereocenters. The molecule has 1 fully saturated rings. The van der Waals surface area contributed by atoms with E-state index in [0.717, 1.165) is 42.5 Å². The zero-order chi connectivity index (χ0) is 24.1. The van der Waals surface area contributed by atoms with Crippen molar-refractivity contribution in [3.8, 4) is 5.75 Å². The number of nitrogens with one attached hydrogen (secondary N) is 1. The lowest BCUT2D eigenvalue weighted by Crippen LogP contribution is -2.49. The van der Waals surface area contributed by atoms with Crippen molar-refractivity contribution in [2.45, 2.75) is 52.1 Å². The number of nitrogens with zero attached hydrogens (tertiary/aromatic N) is 2. The Kier molecular flexibility index (Phi) is 7.56. The average molecular weight is 462 g/mol. The second-order valence-corrected chi connectivity index (χ2v) is 9.42. The van der Waals surface area contributed by atoms with Gasteiger partial charge in [-0.25, -0.2) is 0 Å². The number of ether oxygens (including phenoxy) is 1. The van der Waals surface area contributed by atoms with Gasteiger partial charge in [-0.2, -0.15) is 0 Å². The number of rotatable bonds is 10. The highest BCUT2D eigenvalue weighted by atomic mass is 16.5. The van der Waals surface area contributed by atoms with E-state index in [1.165, 1.54) is 10.9 Å². The fourth-order valence-corrected chi connectivity index (χ4v) is 4.58. The van der Waals surface area contributed by atoms with Crippen LogP contribution in [-0.2, 0) is 22.6 Å². The van der Waals surface area contributed by atoms with Gasteiger partial charge < -0.3 is 19.5 Å². The summed E-state index contributed by atoms with van der Waals surface area (Å²) in [6, 6.07) is 16.0. The van der Waals surface area contributed by atoms with Crippen LogP contribution < -0.4 is 4.74 Å². The number of benzene rings is 2. The van der Waals surface area contributed by atoms with Crippen LogP contribution in [0.2, 0.25) is 0 Å². The normalized spacial score (nSPS) is 13.6. The largest absolute Gasteiger partial charge is 0.496 e. The number of amides is 2. The van der Waals surface area contributed by atoms with E-state index in [4.69, 9.17) is 4.74 Å². The van der Waals surface area contributed by atoms with E-state index in [1.807, 2.05) is 61.3 Å². The number of hydrogen-bond acceptors (Lipinski definition) is 3. The smallest absolute Gasteiger partial charge is 0.242 e. The van der Waals surface area contributed by atoms with Gasteiger partial charge in [0.1, 0.15) is 5.75 Å². The topological polar surface area (TPSA) is 65.6 Å². The highest BCUT2D eigenvalue weighted by Gasteiger charge is 2.32. The summed E-state index contributed by atoms with van der Waals surface area (Å²) in [4.78, 5) is 33.5. The Balaban J connectivity index is 1.54. The molecule has 0 spiro atoms. The van der Waals surface area contributed by atoms with E-state index in [-0.39, 0.29) is 30.3 Å². The Hall–Kier alpha value is -3.28. The van der Waals surface area contributed by atoms with Gasteiger partial charge in [-0.3, -0.25) is 9.59 Å². The van der Waals surface area contributed by atoms with Crippen molar-refractivity contribution >= 4 is 22.7 Å². The highest BCUT2D eigenvalue weighted by Crippen LogP contribution is 2.29. The van der Waals surface area contributed by atoms with Crippen molar-refractivity contribution in [3.63, 3.8) is 0 Å². The Bertz CT molecular complexity index is 1130. The van der Waals surface area contributed by atoms with Gasteiger partial charge in [0.2, 0.25) is 11.8 Å². The van der Waals surface area contributed by atoms with Gasteiger partial charge in [-0.1, -0.05) is 42.8 Å². The van der Waals surface area contributed by atoms with Crippen molar-refractivity contribution in [1.29, 1.82) is 0 Å². The molecule has 6 heteroatoms. The van der Waals surface area contributed by atoms with Crippen LogP contribution in [0.15, 0.2) is 54.7 Å². The second kappa shape index (κ2) is 10.8. The number of H-pyrrole nitrogens is 1. The quantitative estimate of drug-likeness (QED) is 0.472. The summed E-state index contributed by atoms with van der Waals surface area (Å²) in [6.45, 7) is 5.08. The molecule has 2 amide bonds. The minimum absolute atomic E-state index is 0.0150. The summed E-state index contributed by atoms with van der Waals surface area (Å²) >= 11 is 0. The SMILES string of the molecule is COc1ccccc1CN(CCc1c[nH]c2ccccc12)C(=O)CN(C(=O)C1CCC1)C(C)C. The minimum Gasteiger partial charge on any atom is -0.496 e. The fourth-order valence-electron chi connectivity index (χ4n) is 4.58. The van der Waals surface area contributed by atoms with E-state index in [2.05, 4.69) is 17.1 Å². The molecule has 34 heavy (non-hydrogen) atoms. The molecule has 1 saturated carbocycles. The van der Waals surface area contributed by atoms with E-state index >= 15 is 0 Å². The first-order valence-electron chi connectivity index (χ1n) is 12.2. The lowest BCUT2D eigenvalue weighted by Gasteiger charge is -2.35. The van der Waals surface area contributed by atoms with Crippen molar-refractivity contribution in [2.75, 3.05) is 20.2 Å². The Labute approximate surface area is 201 Å². The van der Waals surface area contributed by atoms with E-state index in [9.17, 15) is 9.59 Å². The van der Waals surface area contributed by atoms with Crippen LogP contribution in [0, 0.1) is 5.92 Å². The summed E-state index contributed by atoms with van der Waals surface area (Å²) in [6.07, 6.45) is 5.71. The van der Waals surface area contributed by atoms with E-state index < -0.39 is 0 Å². The molecule has 1 aromatic heterocycles. The number of hydrogen-bond donors (Lipinski definition) is 1. The average Bonchev–Trinajstić information content (AvgIpc) is 3.22. The Morgan fingerprint density at radius 1 is 1.06 bits per heavy atom. The maximum absolute atomic E-state index is 13.6. The third-order valence-electron chi connectivity index (χ3n) is 6.90. The molecule has 0 aliphatic heterocycles. The number of aromatic amines is 1. The summed E-state index contributed by atoms with van der Waals surface area (Å²) in [5, 5.41) is 1.18. The van der Waals surface area contributed by atoms with Crippen LogP contribution in [-0.4, -0.2) is 52.8 Å². The molecule has 0 saturated heterocycles. The van der Waals surface area contributed by atoms with Crippen LogP contribution >= 0.6 is 0 Å². The van der Waals surface area contributed by atoms with E-state index in [1.54, 1.807) is 12.0 Å². The van der Waals surface area contributed by atoms with Gasteiger partial charge in [0, 0.05) is 47.7 Å². The first kappa shape index (κ1) is 23.9. The molecule has 180 valence electrons. The molecule has 1 aliphatic rings. The third-order valence-corrected chi connectivity index (χ3v) is 6.90. The molecule has 1 heterocycles. The zero-order valence-electron chi connectivity index (χ0n) is 20.4. The minimum atomic E-state index is -0.0351. The van der Waals surface area contributed by atoms with Crippen molar-refractivity contribution in [1.82, 2.24) is 14.8 Å². The van der Waals surface area contributed by atoms with Gasteiger partial charge in [-0.05, 0) is 50.8 Å². The maximum Gasteiger partial charge on any atom is 0.242 e. The monoisotopic (exact) mass is 461 g/mol. The number of carbonyl (C=O) groups excluding carboxylic acids is 2. The van der Waals surface area contributed by atoms with Gasteiger partial charge in [0.05, 0.1) is 13.7 Å². The number of para-hydroxylation sites is 2. The van der Waals surface area contributed by atoms with Crippen molar-refractivity contribution in [2.24, 2.45) is 5.92 Å². The summed E-state index contributed by atoms with van der Waals surface area (Å²) in [7, 11) is 1.65. The lowest BCUT2D eigenvalue weighted by molar-refractivity contribution is -0.146. The van der Waals surface area contributed by atoms with Gasteiger partial charge in [0.25, 0.3) is 0 Å². The Morgan fingerprint density at radius 3 is 2.50 bits per heavy atom. The second-order valence-electron chi connectivity index (χ2n) is 9.42. The van der Waals surface area contributed by atoms with Gasteiger partial charge >= 0.3 is 0 Å². The molecular weight excluding hydrogens is 426 g/mol. The molecule has 3 aromatic rings. The third kappa shape index (κ3) is 5.27. The molecule has 0 bridgehead atoms. The van der Waals surface area contributed by atoms with Crippen molar-refractivity contribution in [3.05, 3.63) is 65.9 Å². The number of fused-ring (bicyclic) bond motifs is 1. The molecule has 1 aliphatic carbocycles. The van der Waals surface area contributed by atoms with Gasteiger partial charge in [0.15, 0.2) is 0 Å². The highest BCUT2D eigenvalue weighted by molar-refractivity contribution is 5.87. The predicted molar refractivity (Wildman–Crippen MR) is 135 cm³/mol. The number of carbonyl (C=O) groups is 2. The molecule has 2 aromatic carbocycles. The summed E-state index contributed by atoms with van der Waals surface area (Å²) in [5.74, 6) is 0.915. The molecule has 0 unspecified atom stereocenters. The summed E-state index contributed by atoms with van der Waals surface area (Å²) < 4.78 is 5.54. The van der Waals surface area contributed by atoms with Crippen molar-refractivity contribution < 1.29 is 14.3 Å². The van der Waals surface area contributed by atoms with Crippen LogP contribution in [0.3, 0.4) is 0 Å². The maximum atomic E-state index is 13.6. The van der Waals surface area contributed by atoms with E-state index in [0.29, 0.717) is 13.1 Å². The predicted octanol–water partition coefficient (Wildman–Crippen LogP) is 4.78. The molecule has 0 radical (unpaired) electrons. The number of methoxy groups -OCH3 is 1. The van der Waals surface area contributed by atoms with Crippen LogP contribution in [0.25, 0.3) is 10.9 Å². The molecule has 1 N–H and O–H groups in total.